The number of carbonyl (C=O) groups excluding carboxylic acids is 2. The number of rotatable bonds is 9. The lowest BCUT2D eigenvalue weighted by Crippen LogP contribution is -2.35. The molecule has 41 heavy (non-hydrogen) atoms. The average molecular weight is 556 g/mol. The highest BCUT2D eigenvalue weighted by atomic mass is 16.5. The third-order valence-electron chi connectivity index (χ3n) is 9.21. The minimum atomic E-state index is -0.210. The minimum absolute atomic E-state index is 0.103. The van der Waals surface area contributed by atoms with Crippen molar-refractivity contribution in [2.75, 3.05) is 38.3 Å². The van der Waals surface area contributed by atoms with Gasteiger partial charge in [-0.1, -0.05) is 37.0 Å². The summed E-state index contributed by atoms with van der Waals surface area (Å²) in [6.45, 7) is 10.3. The molecule has 218 valence electrons. The molecule has 5 rings (SSSR count). The number of ether oxygens (including phenoxy) is 1. The van der Waals surface area contributed by atoms with E-state index in [1.807, 2.05) is 26.1 Å². The highest BCUT2D eigenvalue weighted by molar-refractivity contribution is 6.01. The van der Waals surface area contributed by atoms with Gasteiger partial charge in [-0.15, -0.1) is 0 Å². The lowest BCUT2D eigenvalue weighted by atomic mass is 9.84. The number of morpholine rings is 1. The van der Waals surface area contributed by atoms with E-state index >= 15 is 0 Å². The molecule has 1 saturated heterocycles. The molecule has 0 radical (unpaired) electrons. The van der Waals surface area contributed by atoms with Gasteiger partial charge in [0.2, 0.25) is 0 Å². The fraction of sp³-hybridized carbons (Fsp3) is 0.514. The highest BCUT2D eigenvalue weighted by Gasteiger charge is 2.26. The molecule has 2 heterocycles. The van der Waals surface area contributed by atoms with E-state index in [2.05, 4.69) is 48.0 Å². The highest BCUT2D eigenvalue weighted by Crippen LogP contribution is 2.35. The summed E-state index contributed by atoms with van der Waals surface area (Å²) >= 11 is 0. The number of ketones is 2. The first-order chi connectivity index (χ1) is 19.8. The smallest absolute Gasteiger partial charge is 0.163 e. The van der Waals surface area contributed by atoms with E-state index in [0.29, 0.717) is 18.9 Å². The standard InChI is InChI=1S/C35H45N3O3/c1-24-18-25(2)31(35(40)19-24)12-13-34(39)32-20-28(21-33(26(32)3)37(4)30-8-6-5-7-9-30)27-10-11-29(36-22-27)23-38-14-16-41-17-15-38/h10-11,18-22,30-31H,5-9,12-17,23H2,1-4H3. The van der Waals surface area contributed by atoms with Crippen molar-refractivity contribution in [1.82, 2.24) is 9.88 Å². The van der Waals surface area contributed by atoms with Crippen LogP contribution in [0, 0.1) is 12.8 Å². The Labute approximate surface area is 245 Å². The van der Waals surface area contributed by atoms with Crippen molar-refractivity contribution >= 4 is 17.3 Å². The molecule has 0 bridgehead atoms. The van der Waals surface area contributed by atoms with Crippen molar-refractivity contribution in [3.05, 3.63) is 70.6 Å². The first-order valence-electron chi connectivity index (χ1n) is 15.4. The molecule has 1 saturated carbocycles. The average Bonchev–Trinajstić information content (AvgIpc) is 2.97. The zero-order chi connectivity index (χ0) is 28.9. The van der Waals surface area contributed by atoms with Crippen LogP contribution in [0.1, 0.15) is 80.4 Å². The number of Topliss-reactive ketones (excluding diaryl/α,β-unsaturated/α-hetero) is 1. The van der Waals surface area contributed by atoms with Gasteiger partial charge in [0, 0.05) is 68.1 Å². The van der Waals surface area contributed by atoms with E-state index in [1.165, 1.54) is 32.1 Å². The number of pyridine rings is 1. The van der Waals surface area contributed by atoms with Crippen LogP contribution in [-0.2, 0) is 16.1 Å². The zero-order valence-corrected chi connectivity index (χ0v) is 25.2. The van der Waals surface area contributed by atoms with E-state index in [4.69, 9.17) is 9.72 Å². The van der Waals surface area contributed by atoms with Gasteiger partial charge in [-0.25, -0.2) is 0 Å². The van der Waals surface area contributed by atoms with Crippen LogP contribution in [-0.4, -0.2) is 60.8 Å². The molecule has 3 aliphatic rings. The summed E-state index contributed by atoms with van der Waals surface area (Å²) in [6.07, 6.45) is 12.8. The van der Waals surface area contributed by atoms with Gasteiger partial charge in [0.25, 0.3) is 0 Å². The van der Waals surface area contributed by atoms with Gasteiger partial charge < -0.3 is 9.64 Å². The topological polar surface area (TPSA) is 62.7 Å². The number of aromatic nitrogens is 1. The second kappa shape index (κ2) is 13.3. The second-order valence-electron chi connectivity index (χ2n) is 12.2. The number of carbonyl (C=O) groups is 2. The first kappa shape index (κ1) is 29.4. The molecule has 1 aromatic heterocycles. The van der Waals surface area contributed by atoms with Crippen LogP contribution in [0.5, 0.6) is 0 Å². The molecular formula is C35H45N3O3. The Hall–Kier alpha value is -3.09. The number of allylic oxidation sites excluding steroid dienone is 4. The zero-order valence-electron chi connectivity index (χ0n) is 25.2. The van der Waals surface area contributed by atoms with Crippen LogP contribution in [0.3, 0.4) is 0 Å². The molecule has 2 aliphatic carbocycles. The predicted molar refractivity (Wildman–Crippen MR) is 165 cm³/mol. The molecule has 2 fully saturated rings. The Balaban J connectivity index is 1.41. The number of nitrogens with zero attached hydrogens (tertiary/aromatic N) is 3. The quantitative estimate of drug-likeness (QED) is 0.321. The molecule has 0 N–H and O–H groups in total. The van der Waals surface area contributed by atoms with Crippen LogP contribution >= 0.6 is 0 Å². The van der Waals surface area contributed by atoms with Crippen molar-refractivity contribution in [1.29, 1.82) is 0 Å². The summed E-state index contributed by atoms with van der Waals surface area (Å²) < 4.78 is 5.48. The molecule has 1 aliphatic heterocycles. The lowest BCUT2D eigenvalue weighted by Gasteiger charge is -2.34. The Bertz CT molecular complexity index is 1310. The third-order valence-corrected chi connectivity index (χ3v) is 9.21. The third kappa shape index (κ3) is 7.04. The maximum atomic E-state index is 13.8. The second-order valence-corrected chi connectivity index (χ2v) is 12.2. The molecule has 1 unspecified atom stereocenters. The van der Waals surface area contributed by atoms with Gasteiger partial charge in [0.05, 0.1) is 18.9 Å². The Morgan fingerprint density at radius 2 is 1.78 bits per heavy atom. The maximum Gasteiger partial charge on any atom is 0.163 e. The molecule has 2 aromatic rings. The van der Waals surface area contributed by atoms with Gasteiger partial charge in [0.1, 0.15) is 0 Å². The van der Waals surface area contributed by atoms with E-state index in [1.54, 1.807) is 6.08 Å². The predicted octanol–water partition coefficient (Wildman–Crippen LogP) is 6.71. The number of hydrogen-bond donors (Lipinski definition) is 0. The normalized spacial score (nSPS) is 20.5. The summed E-state index contributed by atoms with van der Waals surface area (Å²) in [6, 6.07) is 9.01. The number of benzene rings is 1. The van der Waals surface area contributed by atoms with E-state index < -0.39 is 0 Å². The fourth-order valence-electron chi connectivity index (χ4n) is 6.69. The summed E-state index contributed by atoms with van der Waals surface area (Å²) in [7, 11) is 2.18. The fourth-order valence-corrected chi connectivity index (χ4v) is 6.69. The van der Waals surface area contributed by atoms with Crippen molar-refractivity contribution in [3.63, 3.8) is 0 Å². The van der Waals surface area contributed by atoms with Crippen LogP contribution in [0.2, 0.25) is 0 Å². The van der Waals surface area contributed by atoms with Crippen LogP contribution in [0.4, 0.5) is 5.69 Å². The van der Waals surface area contributed by atoms with Gasteiger partial charge >= 0.3 is 0 Å². The summed E-state index contributed by atoms with van der Waals surface area (Å²) in [4.78, 5) is 36.1. The van der Waals surface area contributed by atoms with Crippen molar-refractivity contribution < 1.29 is 14.3 Å². The van der Waals surface area contributed by atoms with Crippen molar-refractivity contribution in [2.24, 2.45) is 5.92 Å². The molecular weight excluding hydrogens is 510 g/mol. The van der Waals surface area contributed by atoms with E-state index in [0.717, 1.165) is 77.6 Å². The first-order valence-corrected chi connectivity index (χ1v) is 15.4. The van der Waals surface area contributed by atoms with E-state index in [9.17, 15) is 9.59 Å². The van der Waals surface area contributed by atoms with Crippen molar-refractivity contribution in [2.45, 2.75) is 78.3 Å². The molecule has 0 amide bonds. The Morgan fingerprint density at radius 1 is 1.02 bits per heavy atom. The number of hydrogen-bond acceptors (Lipinski definition) is 6. The molecule has 6 nitrogen and oxygen atoms in total. The summed E-state index contributed by atoms with van der Waals surface area (Å²) in [5.41, 5.74) is 8.03. The summed E-state index contributed by atoms with van der Waals surface area (Å²) in [5.74, 6) is 0.00638. The summed E-state index contributed by atoms with van der Waals surface area (Å²) in [5, 5.41) is 0. The Kier molecular flexibility index (Phi) is 9.51. The van der Waals surface area contributed by atoms with Gasteiger partial charge in [-0.3, -0.25) is 19.5 Å². The van der Waals surface area contributed by atoms with Gasteiger partial charge in [-0.2, -0.15) is 0 Å². The molecule has 1 atom stereocenters. The van der Waals surface area contributed by atoms with Crippen LogP contribution < -0.4 is 4.90 Å². The van der Waals surface area contributed by atoms with Gasteiger partial charge in [-0.05, 0) is 81.0 Å². The molecule has 6 heteroatoms. The largest absolute Gasteiger partial charge is 0.379 e. The maximum absolute atomic E-state index is 13.8. The SMILES string of the molecule is CC1=CC(=O)C(CCC(=O)c2cc(-c3ccc(CN4CCOCC4)nc3)cc(N(C)C3CCCCC3)c2C)C(C)=C1. The van der Waals surface area contributed by atoms with Crippen LogP contribution in [0.15, 0.2) is 53.8 Å². The van der Waals surface area contributed by atoms with Crippen molar-refractivity contribution in [3.8, 4) is 11.1 Å². The number of anilines is 1. The van der Waals surface area contributed by atoms with E-state index in [-0.39, 0.29) is 17.5 Å². The van der Waals surface area contributed by atoms with Gasteiger partial charge in [0.15, 0.2) is 11.6 Å². The molecule has 1 aromatic carbocycles. The Morgan fingerprint density at radius 3 is 2.46 bits per heavy atom. The van der Waals surface area contributed by atoms with Crippen LogP contribution in [0.25, 0.3) is 11.1 Å². The monoisotopic (exact) mass is 555 g/mol. The lowest BCUT2D eigenvalue weighted by molar-refractivity contribution is -0.117. The molecule has 0 spiro atoms. The minimum Gasteiger partial charge on any atom is -0.379 e.